The Labute approximate surface area is 137 Å². The van der Waals surface area contributed by atoms with Crippen molar-refractivity contribution in [2.75, 3.05) is 13.7 Å². The summed E-state index contributed by atoms with van der Waals surface area (Å²) in [4.78, 5) is 10.0. The molecule has 0 radical (unpaired) electrons. The Morgan fingerprint density at radius 3 is 2.57 bits per heavy atom. The molecule has 0 aromatic heterocycles. The van der Waals surface area contributed by atoms with Crippen molar-refractivity contribution < 1.29 is 18.1 Å². The van der Waals surface area contributed by atoms with Crippen LogP contribution in [-0.2, 0) is 10.0 Å². The van der Waals surface area contributed by atoms with Crippen molar-refractivity contribution in [3.63, 3.8) is 0 Å². The van der Waals surface area contributed by atoms with Crippen molar-refractivity contribution in [3.05, 3.63) is 28.3 Å². The quantitative estimate of drug-likeness (QED) is 0.519. The molecule has 0 bridgehead atoms. The Hall–Kier alpha value is -1.67. The number of rotatable bonds is 10. The van der Waals surface area contributed by atoms with Gasteiger partial charge in [0.1, 0.15) is 10.6 Å². The minimum Gasteiger partial charge on any atom is -0.495 e. The molecule has 0 saturated carbocycles. The van der Waals surface area contributed by atoms with Gasteiger partial charge in [0.25, 0.3) is 5.69 Å². The molecule has 0 amide bonds. The van der Waals surface area contributed by atoms with E-state index in [2.05, 4.69) is 11.6 Å². The Kier molecular flexibility index (Phi) is 7.44. The molecule has 8 heteroatoms. The number of hydrogen-bond donors (Lipinski definition) is 1. The maximum absolute atomic E-state index is 12.5. The highest BCUT2D eigenvalue weighted by molar-refractivity contribution is 7.89. The summed E-state index contributed by atoms with van der Waals surface area (Å²) in [7, 11) is -2.54. The van der Waals surface area contributed by atoms with E-state index in [0.717, 1.165) is 31.7 Å². The van der Waals surface area contributed by atoms with Gasteiger partial charge in [0.05, 0.1) is 12.0 Å². The first-order valence-corrected chi connectivity index (χ1v) is 9.16. The third-order valence-electron chi connectivity index (χ3n) is 3.75. The Morgan fingerprint density at radius 2 is 2.04 bits per heavy atom. The summed E-state index contributed by atoms with van der Waals surface area (Å²) >= 11 is 0. The van der Waals surface area contributed by atoms with Gasteiger partial charge >= 0.3 is 0 Å². The smallest absolute Gasteiger partial charge is 0.271 e. The van der Waals surface area contributed by atoms with Crippen molar-refractivity contribution in [1.29, 1.82) is 0 Å². The first kappa shape index (κ1) is 19.4. The summed E-state index contributed by atoms with van der Waals surface area (Å²) in [5, 5.41) is 10.9. The second kappa shape index (κ2) is 8.83. The SMILES string of the molecule is CCCCC(CC)CNS(=O)(=O)c1cc([N+](=O)[O-])ccc1OC. The largest absolute Gasteiger partial charge is 0.495 e. The molecule has 130 valence electrons. The van der Waals surface area contributed by atoms with Gasteiger partial charge in [-0.3, -0.25) is 10.1 Å². The first-order valence-electron chi connectivity index (χ1n) is 7.67. The fourth-order valence-corrected chi connectivity index (χ4v) is 3.54. The molecule has 0 aliphatic carbocycles. The highest BCUT2D eigenvalue weighted by Crippen LogP contribution is 2.28. The molecule has 23 heavy (non-hydrogen) atoms. The molecule has 0 heterocycles. The number of methoxy groups -OCH3 is 1. The predicted octanol–water partition coefficient (Wildman–Crippen LogP) is 3.10. The van der Waals surface area contributed by atoms with E-state index in [9.17, 15) is 18.5 Å². The third kappa shape index (κ3) is 5.47. The number of ether oxygens (including phenoxy) is 1. The second-order valence-electron chi connectivity index (χ2n) is 5.36. The lowest BCUT2D eigenvalue weighted by atomic mass is 10.00. The predicted molar refractivity (Wildman–Crippen MR) is 88.1 cm³/mol. The standard InChI is InChI=1S/C15H24N2O5S/c1-4-6-7-12(5-2)11-16-23(20,21)15-10-13(17(18)19)8-9-14(15)22-3/h8-10,12,16H,4-7,11H2,1-3H3. The van der Waals surface area contributed by atoms with E-state index >= 15 is 0 Å². The zero-order valence-corrected chi connectivity index (χ0v) is 14.6. The molecule has 1 atom stereocenters. The molecule has 0 fully saturated rings. The maximum atomic E-state index is 12.5. The summed E-state index contributed by atoms with van der Waals surface area (Å²) in [5.74, 6) is 0.333. The lowest BCUT2D eigenvalue weighted by Crippen LogP contribution is -2.29. The molecule has 0 aliphatic heterocycles. The van der Waals surface area contributed by atoms with Crippen LogP contribution in [0.4, 0.5) is 5.69 Å². The van der Waals surface area contributed by atoms with Crippen molar-refractivity contribution in [2.45, 2.75) is 44.4 Å². The van der Waals surface area contributed by atoms with Gasteiger partial charge in [-0.15, -0.1) is 0 Å². The van der Waals surface area contributed by atoms with Gasteiger partial charge in [-0.25, -0.2) is 13.1 Å². The van der Waals surface area contributed by atoms with Crippen LogP contribution in [0.15, 0.2) is 23.1 Å². The normalized spacial score (nSPS) is 12.8. The third-order valence-corrected chi connectivity index (χ3v) is 5.20. The summed E-state index contributed by atoms with van der Waals surface area (Å²) in [6.45, 7) is 4.41. The Morgan fingerprint density at radius 1 is 1.35 bits per heavy atom. The molecule has 1 aromatic rings. The van der Waals surface area contributed by atoms with Gasteiger partial charge in [-0.2, -0.15) is 0 Å². The zero-order chi connectivity index (χ0) is 17.5. The zero-order valence-electron chi connectivity index (χ0n) is 13.7. The molecule has 0 saturated heterocycles. The molecule has 1 aromatic carbocycles. The monoisotopic (exact) mass is 344 g/mol. The number of nitro benzene ring substituents is 1. The van der Waals surface area contributed by atoms with E-state index < -0.39 is 14.9 Å². The van der Waals surface area contributed by atoms with Gasteiger partial charge in [0, 0.05) is 18.7 Å². The number of nitrogens with one attached hydrogen (secondary N) is 1. The van der Waals surface area contributed by atoms with Crippen molar-refractivity contribution in [1.82, 2.24) is 4.72 Å². The molecular formula is C15H24N2O5S. The summed E-state index contributed by atoms with van der Waals surface area (Å²) < 4.78 is 32.5. The lowest BCUT2D eigenvalue weighted by Gasteiger charge is -2.16. The molecular weight excluding hydrogens is 320 g/mol. The van der Waals surface area contributed by atoms with Crippen LogP contribution in [0.1, 0.15) is 39.5 Å². The van der Waals surface area contributed by atoms with E-state index in [1.807, 2.05) is 6.92 Å². The molecule has 0 spiro atoms. The molecule has 1 rings (SSSR count). The van der Waals surface area contributed by atoms with E-state index in [4.69, 9.17) is 4.74 Å². The van der Waals surface area contributed by atoms with Gasteiger partial charge in [-0.1, -0.05) is 33.1 Å². The molecule has 7 nitrogen and oxygen atoms in total. The maximum Gasteiger partial charge on any atom is 0.271 e. The van der Waals surface area contributed by atoms with Crippen LogP contribution in [0.5, 0.6) is 5.75 Å². The van der Waals surface area contributed by atoms with Crippen LogP contribution in [0, 0.1) is 16.0 Å². The summed E-state index contributed by atoms with van der Waals surface area (Å²) in [6, 6.07) is 3.53. The number of sulfonamides is 1. The Balaban J connectivity index is 2.98. The molecule has 1 unspecified atom stereocenters. The van der Waals surface area contributed by atoms with Crippen LogP contribution in [0.3, 0.4) is 0 Å². The molecule has 1 N–H and O–H groups in total. The highest BCUT2D eigenvalue weighted by Gasteiger charge is 2.23. The van der Waals surface area contributed by atoms with E-state index in [1.54, 1.807) is 0 Å². The number of hydrogen-bond acceptors (Lipinski definition) is 5. The van der Waals surface area contributed by atoms with E-state index in [1.165, 1.54) is 19.2 Å². The van der Waals surface area contributed by atoms with Crippen LogP contribution in [-0.4, -0.2) is 27.0 Å². The number of non-ortho nitro benzene ring substituents is 1. The van der Waals surface area contributed by atoms with Gasteiger partial charge in [-0.05, 0) is 18.4 Å². The average molecular weight is 344 g/mol. The van der Waals surface area contributed by atoms with E-state index in [-0.39, 0.29) is 22.3 Å². The minimum atomic E-state index is -3.87. The Bertz CT molecular complexity index is 631. The van der Waals surface area contributed by atoms with Gasteiger partial charge < -0.3 is 4.74 Å². The van der Waals surface area contributed by atoms with Crippen LogP contribution in [0.2, 0.25) is 0 Å². The number of nitrogens with zero attached hydrogens (tertiary/aromatic N) is 1. The van der Waals surface area contributed by atoms with Gasteiger partial charge in [0.2, 0.25) is 10.0 Å². The minimum absolute atomic E-state index is 0.0877. The number of nitro groups is 1. The lowest BCUT2D eigenvalue weighted by molar-refractivity contribution is -0.385. The van der Waals surface area contributed by atoms with Crippen LogP contribution >= 0.6 is 0 Å². The fourth-order valence-electron chi connectivity index (χ4n) is 2.24. The highest BCUT2D eigenvalue weighted by atomic mass is 32.2. The fraction of sp³-hybridized carbons (Fsp3) is 0.600. The summed E-state index contributed by atoms with van der Waals surface area (Å²) in [6.07, 6.45) is 3.92. The second-order valence-corrected chi connectivity index (χ2v) is 7.10. The van der Waals surface area contributed by atoms with Crippen molar-refractivity contribution in [3.8, 4) is 5.75 Å². The van der Waals surface area contributed by atoms with Crippen LogP contribution in [0.25, 0.3) is 0 Å². The summed E-state index contributed by atoms with van der Waals surface area (Å²) in [5.41, 5.74) is -0.288. The first-order chi connectivity index (χ1) is 10.9. The topological polar surface area (TPSA) is 98.5 Å². The number of unbranched alkanes of at least 4 members (excludes halogenated alkanes) is 1. The van der Waals surface area contributed by atoms with Crippen LogP contribution < -0.4 is 9.46 Å². The van der Waals surface area contributed by atoms with E-state index in [0.29, 0.717) is 6.54 Å². The number of benzene rings is 1. The van der Waals surface area contributed by atoms with Crippen molar-refractivity contribution >= 4 is 15.7 Å². The molecule has 0 aliphatic rings. The average Bonchev–Trinajstić information content (AvgIpc) is 2.54. The van der Waals surface area contributed by atoms with Gasteiger partial charge in [0.15, 0.2) is 0 Å². The van der Waals surface area contributed by atoms with Crippen molar-refractivity contribution in [2.24, 2.45) is 5.92 Å².